The van der Waals surface area contributed by atoms with E-state index in [0.29, 0.717) is 12.1 Å². The summed E-state index contributed by atoms with van der Waals surface area (Å²) in [5, 5.41) is 2.95. The summed E-state index contributed by atoms with van der Waals surface area (Å²) in [4.78, 5) is 27.7. The first-order valence-corrected chi connectivity index (χ1v) is 14.4. The number of benzene rings is 2. The third kappa shape index (κ3) is 8.96. The molecule has 192 valence electrons. The highest BCUT2D eigenvalue weighted by atomic mass is 79.9. The Morgan fingerprint density at radius 2 is 1.63 bits per heavy atom. The molecular weight excluding hydrogens is 530 g/mol. The lowest BCUT2D eigenvalue weighted by Gasteiger charge is -2.30. The number of carbonyl (C=O) groups excluding carboxylic acids is 2. The van der Waals surface area contributed by atoms with Crippen molar-refractivity contribution in [2.45, 2.75) is 65.6 Å². The van der Waals surface area contributed by atoms with Gasteiger partial charge in [-0.15, -0.1) is 0 Å². The molecule has 0 aliphatic carbocycles. The molecule has 7 nitrogen and oxygen atoms in total. The predicted molar refractivity (Wildman–Crippen MR) is 145 cm³/mol. The van der Waals surface area contributed by atoms with Crippen molar-refractivity contribution >= 4 is 43.5 Å². The van der Waals surface area contributed by atoms with Gasteiger partial charge in [-0.25, -0.2) is 8.42 Å². The lowest BCUT2D eigenvalue weighted by molar-refractivity contribution is -0.140. The third-order valence-electron chi connectivity index (χ3n) is 5.91. The standard InChI is InChI=1S/C26H36BrN3O4S/c1-6-20(3)28-26(32)21(4)29(18-22-11-13-23(27)14-12-22)25(31)8-7-17-30(35(5,33)34)24-15-9-19(2)10-16-24/h9-16,20-21H,6-8,17-18H2,1-5H3,(H,28,32). The van der Waals surface area contributed by atoms with Crippen molar-refractivity contribution in [1.29, 1.82) is 0 Å². The van der Waals surface area contributed by atoms with Crippen molar-refractivity contribution in [2.24, 2.45) is 0 Å². The first-order chi connectivity index (χ1) is 16.4. The van der Waals surface area contributed by atoms with E-state index in [4.69, 9.17) is 0 Å². The summed E-state index contributed by atoms with van der Waals surface area (Å²) in [7, 11) is -3.51. The van der Waals surface area contributed by atoms with Gasteiger partial charge >= 0.3 is 0 Å². The third-order valence-corrected chi connectivity index (χ3v) is 7.63. The molecule has 9 heteroatoms. The van der Waals surface area contributed by atoms with Crippen LogP contribution < -0.4 is 9.62 Å². The molecule has 2 unspecified atom stereocenters. The predicted octanol–water partition coefficient (Wildman–Crippen LogP) is 4.64. The zero-order chi connectivity index (χ0) is 26.2. The van der Waals surface area contributed by atoms with Crippen molar-refractivity contribution in [3.63, 3.8) is 0 Å². The Balaban J connectivity index is 2.15. The number of nitrogens with one attached hydrogen (secondary N) is 1. The Kier molecular flexibility index (Phi) is 10.8. The zero-order valence-electron chi connectivity index (χ0n) is 21.1. The van der Waals surface area contributed by atoms with Gasteiger partial charge in [-0.3, -0.25) is 13.9 Å². The van der Waals surface area contributed by atoms with Crippen molar-refractivity contribution in [2.75, 3.05) is 17.1 Å². The topological polar surface area (TPSA) is 86.8 Å². The summed E-state index contributed by atoms with van der Waals surface area (Å²) >= 11 is 3.42. The average molecular weight is 567 g/mol. The molecule has 2 aromatic carbocycles. The summed E-state index contributed by atoms with van der Waals surface area (Å²) in [5.74, 6) is -0.403. The Morgan fingerprint density at radius 1 is 1.03 bits per heavy atom. The van der Waals surface area contributed by atoms with E-state index in [2.05, 4.69) is 21.2 Å². The van der Waals surface area contributed by atoms with Crippen molar-refractivity contribution < 1.29 is 18.0 Å². The van der Waals surface area contributed by atoms with E-state index in [1.165, 1.54) is 4.31 Å². The normalized spacial score (nSPS) is 13.1. The number of hydrogen-bond acceptors (Lipinski definition) is 4. The highest BCUT2D eigenvalue weighted by Gasteiger charge is 2.27. The maximum atomic E-state index is 13.3. The van der Waals surface area contributed by atoms with E-state index in [0.717, 1.165) is 28.3 Å². The van der Waals surface area contributed by atoms with Gasteiger partial charge in [0, 0.05) is 30.0 Å². The van der Waals surface area contributed by atoms with Crippen LogP contribution in [0.2, 0.25) is 0 Å². The Labute approximate surface area is 218 Å². The maximum absolute atomic E-state index is 13.3. The largest absolute Gasteiger partial charge is 0.352 e. The molecule has 2 atom stereocenters. The fraction of sp³-hybridized carbons (Fsp3) is 0.462. The van der Waals surface area contributed by atoms with E-state index in [1.54, 1.807) is 24.0 Å². The van der Waals surface area contributed by atoms with Gasteiger partial charge in [-0.2, -0.15) is 0 Å². The maximum Gasteiger partial charge on any atom is 0.242 e. The Bertz CT molecular complexity index is 1090. The van der Waals surface area contributed by atoms with Gasteiger partial charge in [0.1, 0.15) is 6.04 Å². The molecule has 0 aromatic heterocycles. The van der Waals surface area contributed by atoms with Crippen LogP contribution in [0.1, 0.15) is 51.2 Å². The van der Waals surface area contributed by atoms with Crippen LogP contribution in [-0.4, -0.2) is 50.0 Å². The quantitative estimate of drug-likeness (QED) is 0.406. The second-order valence-corrected chi connectivity index (χ2v) is 11.7. The van der Waals surface area contributed by atoms with Gasteiger partial charge in [-0.05, 0) is 63.4 Å². The first-order valence-electron chi connectivity index (χ1n) is 11.8. The molecule has 0 saturated heterocycles. The minimum Gasteiger partial charge on any atom is -0.352 e. The summed E-state index contributed by atoms with van der Waals surface area (Å²) < 4.78 is 27.0. The minimum absolute atomic E-state index is 0.00686. The van der Waals surface area contributed by atoms with Gasteiger partial charge in [0.05, 0.1) is 11.9 Å². The van der Waals surface area contributed by atoms with Crippen LogP contribution in [0.5, 0.6) is 0 Å². The van der Waals surface area contributed by atoms with Crippen LogP contribution in [-0.2, 0) is 26.2 Å². The summed E-state index contributed by atoms with van der Waals surface area (Å²) in [6.07, 6.45) is 2.40. The van der Waals surface area contributed by atoms with Crippen molar-refractivity contribution in [1.82, 2.24) is 10.2 Å². The second kappa shape index (κ2) is 13.1. The van der Waals surface area contributed by atoms with E-state index in [9.17, 15) is 18.0 Å². The Hall–Kier alpha value is -2.39. The fourth-order valence-electron chi connectivity index (χ4n) is 3.55. The Morgan fingerprint density at radius 3 is 2.17 bits per heavy atom. The van der Waals surface area contributed by atoms with E-state index in [-0.39, 0.29) is 37.4 Å². The lowest BCUT2D eigenvalue weighted by Crippen LogP contribution is -2.49. The molecule has 0 aliphatic rings. The van der Waals surface area contributed by atoms with Crippen LogP contribution >= 0.6 is 15.9 Å². The molecule has 0 spiro atoms. The van der Waals surface area contributed by atoms with Gasteiger partial charge in [0.25, 0.3) is 0 Å². The molecule has 2 rings (SSSR count). The number of amides is 2. The molecule has 0 heterocycles. The molecule has 0 fully saturated rings. The molecule has 0 saturated carbocycles. The number of carbonyl (C=O) groups is 2. The van der Waals surface area contributed by atoms with Crippen LogP contribution in [0.4, 0.5) is 5.69 Å². The number of rotatable bonds is 12. The fourth-order valence-corrected chi connectivity index (χ4v) is 4.78. The van der Waals surface area contributed by atoms with Crippen LogP contribution in [0.3, 0.4) is 0 Å². The summed E-state index contributed by atoms with van der Waals surface area (Å²) in [6.45, 7) is 8.04. The SMILES string of the molecule is CCC(C)NC(=O)C(C)N(Cc1ccc(Br)cc1)C(=O)CCCN(c1ccc(C)cc1)S(C)(=O)=O. The number of anilines is 1. The van der Waals surface area contributed by atoms with E-state index < -0.39 is 16.1 Å². The van der Waals surface area contributed by atoms with Gasteiger partial charge < -0.3 is 10.2 Å². The first kappa shape index (κ1) is 28.8. The zero-order valence-corrected chi connectivity index (χ0v) is 23.5. The molecule has 35 heavy (non-hydrogen) atoms. The highest BCUT2D eigenvalue weighted by Crippen LogP contribution is 2.20. The van der Waals surface area contributed by atoms with Gasteiger partial charge in [-0.1, -0.05) is 52.7 Å². The number of halogens is 1. The van der Waals surface area contributed by atoms with Crippen molar-refractivity contribution in [3.8, 4) is 0 Å². The number of hydrogen-bond donors (Lipinski definition) is 1. The molecule has 2 amide bonds. The summed E-state index contributed by atoms with van der Waals surface area (Å²) in [6, 6.07) is 14.2. The van der Waals surface area contributed by atoms with Crippen LogP contribution in [0.25, 0.3) is 0 Å². The van der Waals surface area contributed by atoms with Gasteiger partial charge in [0.15, 0.2) is 0 Å². The summed E-state index contributed by atoms with van der Waals surface area (Å²) in [5.41, 5.74) is 2.51. The van der Waals surface area contributed by atoms with Crippen LogP contribution in [0, 0.1) is 6.92 Å². The molecule has 2 aromatic rings. The molecule has 0 aliphatic heterocycles. The molecule has 0 radical (unpaired) electrons. The molecule has 1 N–H and O–H groups in total. The highest BCUT2D eigenvalue weighted by molar-refractivity contribution is 9.10. The van der Waals surface area contributed by atoms with Crippen molar-refractivity contribution in [3.05, 3.63) is 64.1 Å². The smallest absolute Gasteiger partial charge is 0.242 e. The minimum atomic E-state index is -3.51. The molecule has 0 bridgehead atoms. The van der Waals surface area contributed by atoms with E-state index in [1.807, 2.05) is 57.2 Å². The van der Waals surface area contributed by atoms with E-state index >= 15 is 0 Å². The monoisotopic (exact) mass is 565 g/mol. The van der Waals surface area contributed by atoms with Crippen LogP contribution in [0.15, 0.2) is 53.0 Å². The van der Waals surface area contributed by atoms with Gasteiger partial charge in [0.2, 0.25) is 21.8 Å². The average Bonchev–Trinajstić information content (AvgIpc) is 2.80. The molecular formula is C26H36BrN3O4S. The number of aryl methyl sites for hydroxylation is 1. The number of nitrogens with zero attached hydrogens (tertiary/aromatic N) is 2. The number of sulfonamides is 1. The lowest BCUT2D eigenvalue weighted by atomic mass is 10.1. The second-order valence-electron chi connectivity index (χ2n) is 8.92.